The zero-order chi connectivity index (χ0) is 14.6. The van der Waals surface area contributed by atoms with E-state index in [0.717, 1.165) is 6.26 Å². The third-order valence-corrected chi connectivity index (χ3v) is 3.40. The standard InChI is InChI=1S/C12H18N2O4S/c1-4-9-8(6-12(15)16)10(5-2)14-11(13-9)7-19(3,17)18/h4-7H2,1-3H3,(H,15,16). The molecule has 0 saturated heterocycles. The average Bonchev–Trinajstić information content (AvgIpc) is 2.27. The van der Waals surface area contributed by atoms with E-state index >= 15 is 0 Å². The Balaban J connectivity index is 3.31. The Bertz CT molecular complexity index is 556. The Hall–Kier alpha value is -1.50. The van der Waals surface area contributed by atoms with Crippen LogP contribution in [0, 0.1) is 0 Å². The van der Waals surface area contributed by atoms with Crippen LogP contribution in [0.25, 0.3) is 0 Å². The highest BCUT2D eigenvalue weighted by Gasteiger charge is 2.17. The number of carbonyl (C=O) groups is 1. The van der Waals surface area contributed by atoms with E-state index in [0.29, 0.717) is 29.8 Å². The van der Waals surface area contributed by atoms with E-state index in [9.17, 15) is 13.2 Å². The predicted molar refractivity (Wildman–Crippen MR) is 70.7 cm³/mol. The number of hydrogen-bond donors (Lipinski definition) is 1. The zero-order valence-corrected chi connectivity index (χ0v) is 12.1. The fraction of sp³-hybridized carbons (Fsp3) is 0.583. The second-order valence-electron chi connectivity index (χ2n) is 4.36. The van der Waals surface area contributed by atoms with Gasteiger partial charge in [0.2, 0.25) is 0 Å². The second-order valence-corrected chi connectivity index (χ2v) is 6.50. The van der Waals surface area contributed by atoms with Crippen LogP contribution in [0.2, 0.25) is 0 Å². The summed E-state index contributed by atoms with van der Waals surface area (Å²) < 4.78 is 22.6. The van der Waals surface area contributed by atoms with E-state index in [1.165, 1.54) is 0 Å². The average molecular weight is 286 g/mol. The monoisotopic (exact) mass is 286 g/mol. The minimum atomic E-state index is -3.20. The molecule has 0 saturated carbocycles. The van der Waals surface area contributed by atoms with Crippen molar-refractivity contribution in [1.82, 2.24) is 9.97 Å². The Kier molecular flexibility index (Phi) is 4.99. The van der Waals surface area contributed by atoms with Gasteiger partial charge in [0.25, 0.3) is 0 Å². The molecule has 1 heterocycles. The van der Waals surface area contributed by atoms with Gasteiger partial charge in [-0.2, -0.15) is 0 Å². The smallest absolute Gasteiger partial charge is 0.307 e. The first-order chi connectivity index (χ1) is 8.76. The second kappa shape index (κ2) is 6.10. The summed E-state index contributed by atoms with van der Waals surface area (Å²) in [4.78, 5) is 19.2. The van der Waals surface area contributed by atoms with E-state index in [2.05, 4.69) is 9.97 Å². The summed E-state index contributed by atoms with van der Waals surface area (Å²) in [5.41, 5.74) is 1.84. The summed E-state index contributed by atoms with van der Waals surface area (Å²) in [7, 11) is -3.20. The fourth-order valence-corrected chi connectivity index (χ4v) is 2.48. The summed E-state index contributed by atoms with van der Waals surface area (Å²) >= 11 is 0. The molecule has 7 heteroatoms. The molecule has 0 aromatic carbocycles. The van der Waals surface area contributed by atoms with E-state index in [-0.39, 0.29) is 18.0 Å². The number of aryl methyl sites for hydroxylation is 2. The van der Waals surface area contributed by atoms with Crippen molar-refractivity contribution in [2.24, 2.45) is 0 Å². The first-order valence-corrected chi connectivity index (χ1v) is 8.09. The molecule has 0 bridgehead atoms. The van der Waals surface area contributed by atoms with Crippen molar-refractivity contribution in [3.63, 3.8) is 0 Å². The largest absolute Gasteiger partial charge is 0.481 e. The number of carboxylic acid groups (broad SMARTS) is 1. The molecule has 0 aliphatic carbocycles. The molecule has 19 heavy (non-hydrogen) atoms. The van der Waals surface area contributed by atoms with Gasteiger partial charge >= 0.3 is 5.97 Å². The van der Waals surface area contributed by atoms with Gasteiger partial charge in [-0.05, 0) is 12.8 Å². The van der Waals surface area contributed by atoms with Gasteiger partial charge < -0.3 is 5.11 Å². The lowest BCUT2D eigenvalue weighted by molar-refractivity contribution is -0.136. The molecule has 0 amide bonds. The van der Waals surface area contributed by atoms with Gasteiger partial charge in [-0.1, -0.05) is 13.8 Å². The molecule has 0 aliphatic rings. The first kappa shape index (κ1) is 15.6. The third-order valence-electron chi connectivity index (χ3n) is 2.61. The Morgan fingerprint density at radius 3 is 1.95 bits per heavy atom. The molecule has 106 valence electrons. The van der Waals surface area contributed by atoms with E-state index in [1.807, 2.05) is 13.8 Å². The molecule has 0 fully saturated rings. The highest BCUT2D eigenvalue weighted by atomic mass is 32.2. The Morgan fingerprint density at radius 1 is 1.16 bits per heavy atom. The maximum Gasteiger partial charge on any atom is 0.307 e. The summed E-state index contributed by atoms with van der Waals surface area (Å²) in [5, 5.41) is 8.91. The molecule has 1 N–H and O–H groups in total. The number of carboxylic acids is 1. The van der Waals surface area contributed by atoms with Gasteiger partial charge in [-0.15, -0.1) is 0 Å². The van der Waals surface area contributed by atoms with Crippen molar-refractivity contribution in [2.75, 3.05) is 6.26 Å². The number of sulfone groups is 1. The van der Waals surface area contributed by atoms with Crippen LogP contribution in [0.5, 0.6) is 0 Å². The highest BCUT2D eigenvalue weighted by molar-refractivity contribution is 7.89. The minimum absolute atomic E-state index is 0.133. The Labute approximate surface area is 112 Å². The molecule has 0 spiro atoms. The summed E-state index contributed by atoms with van der Waals surface area (Å²) in [5.74, 6) is -0.922. The minimum Gasteiger partial charge on any atom is -0.481 e. The summed E-state index contributed by atoms with van der Waals surface area (Å²) in [6.07, 6.45) is 2.09. The number of nitrogens with zero attached hydrogens (tertiary/aromatic N) is 2. The molecule has 1 aromatic heterocycles. The molecule has 6 nitrogen and oxygen atoms in total. The van der Waals surface area contributed by atoms with Gasteiger partial charge in [0.05, 0.1) is 6.42 Å². The van der Waals surface area contributed by atoms with Crippen LogP contribution in [-0.4, -0.2) is 35.7 Å². The van der Waals surface area contributed by atoms with Gasteiger partial charge in [0, 0.05) is 23.2 Å². The maximum atomic E-state index is 11.3. The van der Waals surface area contributed by atoms with Crippen molar-refractivity contribution < 1.29 is 18.3 Å². The van der Waals surface area contributed by atoms with Crippen molar-refractivity contribution in [3.8, 4) is 0 Å². The molecule has 1 aromatic rings. The maximum absolute atomic E-state index is 11.3. The van der Waals surface area contributed by atoms with Gasteiger partial charge in [0.1, 0.15) is 11.6 Å². The summed E-state index contributed by atoms with van der Waals surface area (Å²) in [6.45, 7) is 3.72. The number of aliphatic carboxylic acids is 1. The van der Waals surface area contributed by atoms with Gasteiger partial charge in [-0.25, -0.2) is 18.4 Å². The number of aromatic nitrogens is 2. The first-order valence-electron chi connectivity index (χ1n) is 6.03. The molecule has 0 radical (unpaired) electrons. The molecule has 0 atom stereocenters. The molecular formula is C12H18N2O4S. The molecule has 0 aliphatic heterocycles. The fourth-order valence-electron chi connectivity index (χ4n) is 1.88. The third kappa shape index (κ3) is 4.59. The molecular weight excluding hydrogens is 268 g/mol. The van der Waals surface area contributed by atoms with E-state index < -0.39 is 15.8 Å². The van der Waals surface area contributed by atoms with Crippen molar-refractivity contribution in [1.29, 1.82) is 0 Å². The molecule has 1 rings (SSSR count). The lowest BCUT2D eigenvalue weighted by atomic mass is 10.0. The van der Waals surface area contributed by atoms with Crippen LogP contribution in [-0.2, 0) is 39.6 Å². The van der Waals surface area contributed by atoms with Crippen LogP contribution >= 0.6 is 0 Å². The van der Waals surface area contributed by atoms with Crippen LogP contribution in [0.3, 0.4) is 0 Å². The van der Waals surface area contributed by atoms with Crippen LogP contribution in [0.1, 0.15) is 36.6 Å². The topological polar surface area (TPSA) is 97.2 Å². The lowest BCUT2D eigenvalue weighted by Gasteiger charge is -2.12. The SMILES string of the molecule is CCc1nc(CS(C)(=O)=O)nc(CC)c1CC(=O)O. The quantitative estimate of drug-likeness (QED) is 0.829. The summed E-state index contributed by atoms with van der Waals surface area (Å²) in [6, 6.07) is 0. The highest BCUT2D eigenvalue weighted by Crippen LogP contribution is 2.15. The van der Waals surface area contributed by atoms with Crippen LogP contribution < -0.4 is 0 Å². The van der Waals surface area contributed by atoms with Gasteiger partial charge in [0.15, 0.2) is 9.84 Å². The van der Waals surface area contributed by atoms with Crippen molar-refractivity contribution in [2.45, 2.75) is 38.9 Å². The normalized spacial score (nSPS) is 11.5. The van der Waals surface area contributed by atoms with Crippen molar-refractivity contribution >= 4 is 15.8 Å². The lowest BCUT2D eigenvalue weighted by Crippen LogP contribution is -2.15. The van der Waals surface area contributed by atoms with E-state index in [1.54, 1.807) is 0 Å². The number of rotatable bonds is 6. The van der Waals surface area contributed by atoms with E-state index in [4.69, 9.17) is 5.11 Å². The predicted octanol–water partition coefficient (Wildman–Crippen LogP) is 0.773. The van der Waals surface area contributed by atoms with Crippen molar-refractivity contribution in [3.05, 3.63) is 22.8 Å². The molecule has 0 unspecified atom stereocenters. The zero-order valence-electron chi connectivity index (χ0n) is 11.3. The number of hydrogen-bond acceptors (Lipinski definition) is 5. The van der Waals surface area contributed by atoms with Crippen LogP contribution in [0.15, 0.2) is 0 Å². The van der Waals surface area contributed by atoms with Gasteiger partial charge in [-0.3, -0.25) is 4.79 Å². The van der Waals surface area contributed by atoms with Crippen LogP contribution in [0.4, 0.5) is 0 Å². The Morgan fingerprint density at radius 2 is 1.63 bits per heavy atom.